The summed E-state index contributed by atoms with van der Waals surface area (Å²) in [7, 11) is 0.812. The molecule has 0 aliphatic carbocycles. The van der Waals surface area contributed by atoms with Crippen LogP contribution >= 0.6 is 23.2 Å². The molecule has 0 heterocycles. The molecular formula is C6H6N2O3S2. The standard InChI is InChI=1S/C6H6N2O3S2/c1-2-11-6(10)8-5(9)7-3-13-4-12/h2H2,1H3,(H,8,9,10). The van der Waals surface area contributed by atoms with Gasteiger partial charge in [-0.1, -0.05) is 0 Å². The fourth-order valence-corrected chi connectivity index (χ4v) is 0.643. The predicted molar refractivity (Wildman–Crippen MR) is 53.2 cm³/mol. The van der Waals surface area contributed by atoms with Crippen molar-refractivity contribution in [3.63, 3.8) is 0 Å². The molecule has 0 aliphatic heterocycles. The number of carbonyl (C=O) groups is 2. The number of hydrogen-bond acceptors (Lipinski definition) is 4. The summed E-state index contributed by atoms with van der Waals surface area (Å²) in [6, 6.07) is -0.851. The van der Waals surface area contributed by atoms with E-state index in [0.29, 0.717) is 0 Å². The lowest BCUT2D eigenvalue weighted by molar-refractivity contribution is 0.153. The van der Waals surface area contributed by atoms with Crippen LogP contribution in [0.3, 0.4) is 0 Å². The minimum absolute atomic E-state index is 0.189. The molecule has 0 aromatic carbocycles. The van der Waals surface area contributed by atoms with Crippen LogP contribution in [-0.2, 0) is 4.74 Å². The number of nitrogens with one attached hydrogen (secondary N) is 1. The van der Waals surface area contributed by atoms with Gasteiger partial charge in [0.15, 0.2) is 0 Å². The van der Waals surface area contributed by atoms with Gasteiger partial charge in [-0.3, -0.25) is 0 Å². The van der Waals surface area contributed by atoms with Gasteiger partial charge in [0.05, 0.1) is 11.8 Å². The first-order chi connectivity index (χ1) is 6.20. The average molecular weight is 218 g/mol. The molecule has 0 saturated carbocycles. The van der Waals surface area contributed by atoms with Crippen molar-refractivity contribution < 1.29 is 14.3 Å². The number of amides is 3. The summed E-state index contributed by atoms with van der Waals surface area (Å²) in [5.74, 6) is 0. The molecule has 0 bridgehead atoms. The monoisotopic (exact) mass is 218 g/mol. The van der Waals surface area contributed by atoms with Gasteiger partial charge in [-0.15, -0.1) is 4.99 Å². The fourth-order valence-electron chi connectivity index (χ4n) is 0.365. The van der Waals surface area contributed by atoms with Crippen molar-refractivity contribution in [1.82, 2.24) is 5.32 Å². The predicted octanol–water partition coefficient (Wildman–Crippen LogP) is 1.33. The van der Waals surface area contributed by atoms with Gasteiger partial charge in [0, 0.05) is 4.31 Å². The van der Waals surface area contributed by atoms with E-state index in [2.05, 4.69) is 31.4 Å². The molecule has 0 rings (SSSR count). The van der Waals surface area contributed by atoms with Gasteiger partial charge in [-0.2, -0.15) is 0 Å². The van der Waals surface area contributed by atoms with Crippen LogP contribution in [0.5, 0.6) is 0 Å². The number of rotatable bonds is 1. The zero-order valence-electron chi connectivity index (χ0n) is 6.70. The van der Waals surface area contributed by atoms with Gasteiger partial charge in [-0.05, 0) is 30.1 Å². The van der Waals surface area contributed by atoms with Gasteiger partial charge >= 0.3 is 12.1 Å². The van der Waals surface area contributed by atoms with E-state index in [1.807, 2.05) is 5.32 Å². The molecule has 70 valence electrons. The molecule has 0 saturated heterocycles. The van der Waals surface area contributed by atoms with Gasteiger partial charge in [0.1, 0.15) is 0 Å². The molecular weight excluding hydrogens is 212 g/mol. The largest absolute Gasteiger partial charge is 0.450 e. The Hall–Kier alpha value is -1.26. The van der Waals surface area contributed by atoms with Crippen LogP contribution in [0.4, 0.5) is 9.59 Å². The normalized spacial score (nSPS) is 7.46. The number of hydrogen-bond donors (Lipinski definition) is 1. The molecule has 0 radical (unpaired) electrons. The molecule has 5 nitrogen and oxygen atoms in total. The summed E-state index contributed by atoms with van der Waals surface area (Å²) in [5, 5.41) is 4.02. The second kappa shape index (κ2) is 7.39. The molecule has 13 heavy (non-hydrogen) atoms. The summed E-state index contributed by atoms with van der Waals surface area (Å²) in [6.07, 6.45) is -0.839. The third-order valence-electron chi connectivity index (χ3n) is 0.719. The molecule has 3 amide bonds. The van der Waals surface area contributed by atoms with Gasteiger partial charge in [-0.25, -0.2) is 14.9 Å². The van der Waals surface area contributed by atoms with Crippen molar-refractivity contribution in [3.8, 4) is 0 Å². The Morgan fingerprint density at radius 2 is 2.38 bits per heavy atom. The maximum absolute atomic E-state index is 10.7. The van der Waals surface area contributed by atoms with Crippen molar-refractivity contribution >= 4 is 44.8 Å². The van der Waals surface area contributed by atoms with Crippen molar-refractivity contribution in [3.05, 3.63) is 0 Å². The zero-order chi connectivity index (χ0) is 10.1. The van der Waals surface area contributed by atoms with Crippen molar-refractivity contribution in [2.24, 2.45) is 4.99 Å². The lowest BCUT2D eigenvalue weighted by atomic mass is 10.8. The Kier molecular flexibility index (Phi) is 6.68. The topological polar surface area (TPSA) is 67.8 Å². The number of thiocarbonyl (C=S) groups is 1. The number of nitrogens with zero attached hydrogens (tertiary/aromatic N) is 1. The molecule has 7 heteroatoms. The van der Waals surface area contributed by atoms with E-state index in [0.717, 1.165) is 10.9 Å². The van der Waals surface area contributed by atoms with Crippen molar-refractivity contribution in [2.75, 3.05) is 6.61 Å². The molecule has 0 aromatic rings. The SMILES string of the molecule is CCOC(=O)NC(=O)N=C=S=C=S. The fraction of sp³-hybridized carbons (Fsp3) is 0.333. The van der Waals surface area contributed by atoms with Gasteiger partial charge < -0.3 is 4.74 Å². The summed E-state index contributed by atoms with van der Waals surface area (Å²) in [5.41, 5.74) is 0. The number of urea groups is 1. The number of imide groups is 1. The molecule has 0 aliphatic rings. The summed E-state index contributed by atoms with van der Waals surface area (Å²) < 4.78 is 6.62. The second-order valence-electron chi connectivity index (χ2n) is 1.54. The Balaban J connectivity index is 4.09. The van der Waals surface area contributed by atoms with Crippen molar-refractivity contribution in [2.45, 2.75) is 6.92 Å². The second-order valence-corrected chi connectivity index (χ2v) is 2.59. The molecule has 0 fully saturated rings. The maximum atomic E-state index is 10.7. The number of carbonyl (C=O) groups excluding carboxylic acids is 2. The summed E-state index contributed by atoms with van der Waals surface area (Å²) in [4.78, 5) is 24.5. The highest BCUT2D eigenvalue weighted by atomic mass is 32.1. The smallest absolute Gasteiger partial charge is 0.415 e. The number of ether oxygens (including phenoxy) is 1. The molecule has 0 spiro atoms. The highest BCUT2D eigenvalue weighted by molar-refractivity contribution is 8.03. The van der Waals surface area contributed by atoms with Crippen LogP contribution in [0.2, 0.25) is 0 Å². The highest BCUT2D eigenvalue weighted by Crippen LogP contribution is 1.78. The Morgan fingerprint density at radius 3 is 2.92 bits per heavy atom. The average Bonchev–Trinajstić information content (AvgIpc) is 2.05. The Bertz CT molecular complexity index is 323. The molecule has 1 N–H and O–H groups in total. The van der Waals surface area contributed by atoms with E-state index < -0.39 is 12.1 Å². The van der Waals surface area contributed by atoms with Gasteiger partial charge in [0.2, 0.25) is 0 Å². The minimum atomic E-state index is -0.851. The van der Waals surface area contributed by atoms with E-state index in [1.54, 1.807) is 6.92 Å². The number of isothiocyanates is 1. The van der Waals surface area contributed by atoms with Crippen LogP contribution in [0, 0.1) is 0 Å². The van der Waals surface area contributed by atoms with Gasteiger partial charge in [0.25, 0.3) is 0 Å². The quantitative estimate of drug-likeness (QED) is 0.532. The minimum Gasteiger partial charge on any atom is -0.450 e. The Morgan fingerprint density at radius 1 is 1.69 bits per heavy atom. The van der Waals surface area contributed by atoms with Crippen LogP contribution in [0.1, 0.15) is 6.92 Å². The van der Waals surface area contributed by atoms with Crippen LogP contribution < -0.4 is 5.32 Å². The first-order valence-electron chi connectivity index (χ1n) is 3.17. The van der Waals surface area contributed by atoms with Crippen LogP contribution in [-0.4, -0.2) is 28.2 Å². The van der Waals surface area contributed by atoms with E-state index in [-0.39, 0.29) is 6.61 Å². The molecule has 0 atom stereocenters. The lowest BCUT2D eigenvalue weighted by Gasteiger charge is -1.98. The van der Waals surface area contributed by atoms with Crippen LogP contribution in [0.25, 0.3) is 0 Å². The summed E-state index contributed by atoms with van der Waals surface area (Å²) in [6.45, 7) is 1.81. The number of aliphatic imine (C=N–C) groups is 1. The van der Waals surface area contributed by atoms with Crippen molar-refractivity contribution in [1.29, 1.82) is 0 Å². The molecule has 0 unspecified atom stereocenters. The van der Waals surface area contributed by atoms with Crippen LogP contribution in [0.15, 0.2) is 4.99 Å². The summed E-state index contributed by atoms with van der Waals surface area (Å²) >= 11 is 4.30. The third kappa shape index (κ3) is 7.11. The number of alkyl carbamates (subject to hydrolysis) is 1. The third-order valence-corrected chi connectivity index (χ3v) is 1.23. The zero-order valence-corrected chi connectivity index (χ0v) is 8.33. The van der Waals surface area contributed by atoms with E-state index >= 15 is 0 Å². The van der Waals surface area contributed by atoms with E-state index in [9.17, 15) is 9.59 Å². The van der Waals surface area contributed by atoms with E-state index in [4.69, 9.17) is 0 Å². The molecule has 0 aromatic heterocycles. The lowest BCUT2D eigenvalue weighted by Crippen LogP contribution is -2.28. The van der Waals surface area contributed by atoms with E-state index in [1.165, 1.54) is 0 Å². The Labute approximate surface area is 83.3 Å². The maximum Gasteiger partial charge on any atom is 0.415 e. The first-order valence-corrected chi connectivity index (χ1v) is 4.39. The first kappa shape index (κ1) is 11.7. The highest BCUT2D eigenvalue weighted by Gasteiger charge is 2.04.